The Morgan fingerprint density at radius 1 is 0.651 bits per heavy atom. The first-order valence-corrected chi connectivity index (χ1v) is 15.0. The standard InChI is InChI=1S/C37H38N6/c1-29-11-9-12-30(2)35(29)43-37(38-39-40-43)36(34-22-20-33(21-23-34)19-18-32-15-7-4-8-16-32)42-27-25-41(26-28-42)24-10-17-31-13-5-3-6-14-31/h3-23,36H,24-28H2,1-2H3/b17-10+,19-18+/t36-/m1/s1. The predicted octanol–water partition coefficient (Wildman–Crippen LogP) is 6.87. The van der Waals surface area contributed by atoms with Crippen molar-refractivity contribution in [1.82, 2.24) is 30.0 Å². The highest BCUT2D eigenvalue weighted by Gasteiger charge is 2.31. The van der Waals surface area contributed by atoms with Crippen molar-refractivity contribution in [1.29, 1.82) is 0 Å². The smallest absolute Gasteiger partial charge is 0.178 e. The van der Waals surface area contributed by atoms with Crippen LogP contribution in [0.4, 0.5) is 0 Å². The first-order valence-electron chi connectivity index (χ1n) is 15.0. The van der Waals surface area contributed by atoms with Crippen molar-refractivity contribution in [3.8, 4) is 5.69 Å². The van der Waals surface area contributed by atoms with Crippen LogP contribution in [0.2, 0.25) is 0 Å². The van der Waals surface area contributed by atoms with Gasteiger partial charge in [-0.1, -0.05) is 127 Å². The molecule has 0 amide bonds. The summed E-state index contributed by atoms with van der Waals surface area (Å²) in [6, 6.07) is 36.0. The fourth-order valence-corrected chi connectivity index (χ4v) is 5.84. The normalized spacial score (nSPS) is 15.4. The summed E-state index contributed by atoms with van der Waals surface area (Å²) in [5.74, 6) is 0.849. The van der Waals surface area contributed by atoms with E-state index in [1.165, 1.54) is 16.7 Å². The number of para-hydroxylation sites is 1. The highest BCUT2D eigenvalue weighted by atomic mass is 15.6. The highest BCUT2D eigenvalue weighted by molar-refractivity contribution is 5.69. The van der Waals surface area contributed by atoms with Gasteiger partial charge in [-0.25, -0.2) is 0 Å². The van der Waals surface area contributed by atoms with Crippen LogP contribution in [0.1, 0.15) is 45.2 Å². The molecule has 0 N–H and O–H groups in total. The molecule has 6 heteroatoms. The maximum absolute atomic E-state index is 4.65. The molecule has 4 aromatic carbocycles. The number of tetrazole rings is 1. The molecule has 0 bridgehead atoms. The molecule has 216 valence electrons. The zero-order valence-electron chi connectivity index (χ0n) is 24.9. The van der Waals surface area contributed by atoms with Gasteiger partial charge in [0.05, 0.1) is 11.7 Å². The van der Waals surface area contributed by atoms with Crippen LogP contribution in [0.5, 0.6) is 0 Å². The van der Waals surface area contributed by atoms with Crippen molar-refractivity contribution in [2.75, 3.05) is 32.7 Å². The summed E-state index contributed by atoms with van der Waals surface area (Å²) in [6.07, 6.45) is 8.80. The minimum Gasteiger partial charge on any atom is -0.297 e. The largest absolute Gasteiger partial charge is 0.297 e. The van der Waals surface area contributed by atoms with Gasteiger partial charge in [0.25, 0.3) is 0 Å². The number of nitrogens with zero attached hydrogens (tertiary/aromatic N) is 6. The average molecular weight is 567 g/mol. The van der Waals surface area contributed by atoms with Crippen LogP contribution in [0.15, 0.2) is 109 Å². The third kappa shape index (κ3) is 6.88. The third-order valence-electron chi connectivity index (χ3n) is 8.16. The Balaban J connectivity index is 1.25. The SMILES string of the molecule is Cc1cccc(C)c1-n1nnnc1[C@@H](c1ccc(/C=C/c2ccccc2)cc1)N1CCN(C/C=C/c2ccccc2)CC1. The lowest BCUT2D eigenvalue weighted by Crippen LogP contribution is -2.48. The molecule has 0 spiro atoms. The van der Waals surface area contributed by atoms with Crippen LogP contribution < -0.4 is 0 Å². The van der Waals surface area contributed by atoms with Gasteiger partial charge in [-0.3, -0.25) is 9.80 Å². The molecular formula is C37H38N6. The molecule has 2 heterocycles. The number of aryl methyl sites for hydroxylation is 2. The summed E-state index contributed by atoms with van der Waals surface area (Å²) in [5, 5.41) is 13.4. The van der Waals surface area contributed by atoms with Gasteiger partial charge in [-0.05, 0) is 57.7 Å². The van der Waals surface area contributed by atoms with Crippen LogP contribution in [0.25, 0.3) is 23.9 Å². The van der Waals surface area contributed by atoms with E-state index in [2.05, 4.69) is 161 Å². The molecule has 0 unspecified atom stereocenters. The maximum Gasteiger partial charge on any atom is 0.178 e. The number of benzene rings is 4. The van der Waals surface area contributed by atoms with Gasteiger partial charge in [-0.2, -0.15) is 4.68 Å². The van der Waals surface area contributed by atoms with E-state index in [4.69, 9.17) is 0 Å². The summed E-state index contributed by atoms with van der Waals surface area (Å²) < 4.78 is 1.95. The molecule has 1 atom stereocenters. The predicted molar refractivity (Wildman–Crippen MR) is 176 cm³/mol. The Bertz CT molecular complexity index is 1640. The van der Waals surface area contributed by atoms with Crippen LogP contribution in [0.3, 0.4) is 0 Å². The van der Waals surface area contributed by atoms with Crippen molar-refractivity contribution in [3.63, 3.8) is 0 Å². The molecule has 0 aliphatic carbocycles. The lowest BCUT2D eigenvalue weighted by atomic mass is 10.0. The molecular weight excluding hydrogens is 528 g/mol. The van der Waals surface area contributed by atoms with Crippen molar-refractivity contribution in [2.24, 2.45) is 0 Å². The quantitative estimate of drug-likeness (QED) is 0.182. The minimum absolute atomic E-state index is 0.0665. The fraction of sp³-hybridized carbons (Fsp3) is 0.216. The van der Waals surface area contributed by atoms with Gasteiger partial charge in [0.15, 0.2) is 5.82 Å². The molecule has 6 rings (SSSR count). The average Bonchev–Trinajstić information content (AvgIpc) is 3.51. The second kappa shape index (κ2) is 13.6. The Morgan fingerprint density at radius 3 is 1.86 bits per heavy atom. The van der Waals surface area contributed by atoms with E-state index in [1.807, 2.05) is 10.7 Å². The van der Waals surface area contributed by atoms with Crippen LogP contribution in [-0.4, -0.2) is 62.7 Å². The Hall–Kier alpha value is -4.65. The molecule has 43 heavy (non-hydrogen) atoms. The van der Waals surface area contributed by atoms with E-state index in [0.29, 0.717) is 0 Å². The van der Waals surface area contributed by atoms with Gasteiger partial charge in [0.2, 0.25) is 0 Å². The molecule has 5 aromatic rings. The van der Waals surface area contributed by atoms with Crippen molar-refractivity contribution < 1.29 is 0 Å². The third-order valence-corrected chi connectivity index (χ3v) is 8.16. The number of piperazine rings is 1. The first kappa shape index (κ1) is 28.5. The summed E-state index contributed by atoms with van der Waals surface area (Å²) in [4.78, 5) is 5.04. The molecule has 1 saturated heterocycles. The van der Waals surface area contributed by atoms with Crippen molar-refractivity contribution in [2.45, 2.75) is 19.9 Å². The van der Waals surface area contributed by atoms with E-state index >= 15 is 0 Å². The van der Waals surface area contributed by atoms with Crippen molar-refractivity contribution >= 4 is 18.2 Å². The van der Waals surface area contributed by atoms with Crippen LogP contribution in [-0.2, 0) is 0 Å². The zero-order chi connectivity index (χ0) is 29.4. The lowest BCUT2D eigenvalue weighted by Gasteiger charge is -2.38. The number of hydrogen-bond acceptors (Lipinski definition) is 5. The fourth-order valence-electron chi connectivity index (χ4n) is 5.84. The molecule has 0 saturated carbocycles. The number of aromatic nitrogens is 4. The van der Waals surface area contributed by atoms with Gasteiger partial charge < -0.3 is 0 Å². The summed E-state index contributed by atoms with van der Waals surface area (Å²) in [6.45, 7) is 9.02. The van der Waals surface area contributed by atoms with Gasteiger partial charge in [-0.15, -0.1) is 5.10 Å². The second-order valence-corrected chi connectivity index (χ2v) is 11.2. The molecule has 1 aromatic heterocycles. The Labute approximate surface area is 254 Å². The van der Waals surface area contributed by atoms with E-state index in [-0.39, 0.29) is 6.04 Å². The van der Waals surface area contributed by atoms with Gasteiger partial charge >= 0.3 is 0 Å². The first-order chi connectivity index (χ1) is 21.2. The van der Waals surface area contributed by atoms with Gasteiger partial charge in [0.1, 0.15) is 0 Å². The lowest BCUT2D eigenvalue weighted by molar-refractivity contribution is 0.113. The molecule has 1 fully saturated rings. The number of rotatable bonds is 9. The van der Waals surface area contributed by atoms with Gasteiger partial charge in [0, 0.05) is 32.7 Å². The van der Waals surface area contributed by atoms with E-state index in [1.54, 1.807) is 0 Å². The van der Waals surface area contributed by atoms with Crippen molar-refractivity contribution in [3.05, 3.63) is 148 Å². The Kier molecular flexibility index (Phi) is 8.97. The summed E-state index contributed by atoms with van der Waals surface area (Å²) >= 11 is 0. The highest BCUT2D eigenvalue weighted by Crippen LogP contribution is 2.31. The molecule has 1 aliphatic rings. The second-order valence-electron chi connectivity index (χ2n) is 11.2. The van der Waals surface area contributed by atoms with E-state index in [9.17, 15) is 0 Å². The molecule has 6 nitrogen and oxygen atoms in total. The van der Waals surface area contributed by atoms with Crippen LogP contribution >= 0.6 is 0 Å². The number of hydrogen-bond donors (Lipinski definition) is 0. The maximum atomic E-state index is 4.65. The van der Waals surface area contributed by atoms with E-state index < -0.39 is 0 Å². The Morgan fingerprint density at radius 2 is 1.23 bits per heavy atom. The topological polar surface area (TPSA) is 50.1 Å². The monoisotopic (exact) mass is 566 g/mol. The van der Waals surface area contributed by atoms with Crippen LogP contribution in [0, 0.1) is 13.8 Å². The van der Waals surface area contributed by atoms with E-state index in [0.717, 1.165) is 60.9 Å². The molecule has 0 radical (unpaired) electrons. The zero-order valence-corrected chi connectivity index (χ0v) is 24.9. The summed E-state index contributed by atoms with van der Waals surface area (Å²) in [7, 11) is 0. The molecule has 1 aliphatic heterocycles. The minimum atomic E-state index is -0.0665. The summed E-state index contributed by atoms with van der Waals surface area (Å²) in [5.41, 5.74) is 8.15.